The molecule has 5 rings (SSSR count). The van der Waals surface area contributed by atoms with Gasteiger partial charge in [-0.2, -0.15) is 0 Å². The number of sulfonamides is 1. The maximum absolute atomic E-state index is 14.1. The summed E-state index contributed by atoms with van der Waals surface area (Å²) >= 11 is 0. The van der Waals surface area contributed by atoms with Crippen molar-refractivity contribution in [1.29, 1.82) is 0 Å². The van der Waals surface area contributed by atoms with Gasteiger partial charge in [-0.15, -0.1) is 0 Å². The molecule has 4 aromatic carbocycles. The molecule has 4 aromatic rings. The first-order valence-corrected chi connectivity index (χ1v) is 15.0. The Labute approximate surface area is 236 Å². The molecule has 1 saturated heterocycles. The van der Waals surface area contributed by atoms with Gasteiger partial charge < -0.3 is 9.64 Å². The number of rotatable bonds is 9. The molecule has 1 fully saturated rings. The van der Waals surface area contributed by atoms with Crippen molar-refractivity contribution >= 4 is 21.6 Å². The number of para-hydroxylation sites is 1. The van der Waals surface area contributed by atoms with Gasteiger partial charge in [0.15, 0.2) is 0 Å². The minimum Gasteiger partial charge on any atom is -0.497 e. The lowest BCUT2D eigenvalue weighted by molar-refractivity contribution is 0.0691. The lowest BCUT2D eigenvalue weighted by atomic mass is 9.90. The highest BCUT2D eigenvalue weighted by atomic mass is 32.2. The lowest BCUT2D eigenvalue weighted by Crippen LogP contribution is -2.40. The van der Waals surface area contributed by atoms with Crippen LogP contribution >= 0.6 is 0 Å². The van der Waals surface area contributed by atoms with Gasteiger partial charge in [0.05, 0.1) is 29.8 Å². The number of hydrogen-bond acceptors (Lipinski definition) is 4. The van der Waals surface area contributed by atoms with Gasteiger partial charge in [0.2, 0.25) is 0 Å². The Kier molecular flexibility index (Phi) is 8.51. The number of methoxy groups -OCH3 is 1. The third-order valence-corrected chi connectivity index (χ3v) is 9.26. The fraction of sp³-hybridized carbons (Fsp3) is 0.242. The van der Waals surface area contributed by atoms with Crippen LogP contribution in [0.5, 0.6) is 5.75 Å². The van der Waals surface area contributed by atoms with Gasteiger partial charge in [0, 0.05) is 13.1 Å². The molecule has 1 aliphatic rings. The van der Waals surface area contributed by atoms with Crippen molar-refractivity contribution in [2.45, 2.75) is 30.7 Å². The first-order chi connectivity index (χ1) is 19.5. The summed E-state index contributed by atoms with van der Waals surface area (Å²) in [6.07, 6.45) is 2.84. The van der Waals surface area contributed by atoms with E-state index in [4.69, 9.17) is 4.74 Å². The summed E-state index contributed by atoms with van der Waals surface area (Å²) in [5.74, 6) is 0.947. The molecule has 7 heteroatoms. The van der Waals surface area contributed by atoms with Crippen molar-refractivity contribution in [1.82, 2.24) is 4.90 Å². The van der Waals surface area contributed by atoms with E-state index >= 15 is 0 Å². The maximum atomic E-state index is 14.1. The Hall–Kier alpha value is -4.10. The average Bonchev–Trinajstić information content (AvgIpc) is 3.01. The number of carbonyl (C=O) groups is 1. The fourth-order valence-corrected chi connectivity index (χ4v) is 6.73. The van der Waals surface area contributed by atoms with Crippen LogP contribution in [0.15, 0.2) is 114 Å². The summed E-state index contributed by atoms with van der Waals surface area (Å²) in [7, 11) is -2.46. The Bertz CT molecular complexity index is 1520. The normalized spacial score (nSPS) is 14.1. The minimum absolute atomic E-state index is 0.0959. The van der Waals surface area contributed by atoms with Crippen LogP contribution in [0.25, 0.3) is 0 Å². The van der Waals surface area contributed by atoms with Crippen LogP contribution in [0.4, 0.5) is 5.69 Å². The number of ether oxygens (including phenoxy) is 1. The maximum Gasteiger partial charge on any atom is 0.264 e. The number of hydrogen-bond donors (Lipinski definition) is 0. The van der Waals surface area contributed by atoms with Crippen molar-refractivity contribution < 1.29 is 17.9 Å². The fourth-order valence-electron chi connectivity index (χ4n) is 5.25. The summed E-state index contributed by atoms with van der Waals surface area (Å²) in [4.78, 5) is 15.9. The third kappa shape index (κ3) is 6.20. The van der Waals surface area contributed by atoms with Gasteiger partial charge in [-0.25, -0.2) is 8.42 Å². The predicted molar refractivity (Wildman–Crippen MR) is 158 cm³/mol. The molecule has 0 bridgehead atoms. The van der Waals surface area contributed by atoms with E-state index in [1.54, 1.807) is 36.4 Å². The van der Waals surface area contributed by atoms with E-state index in [9.17, 15) is 13.2 Å². The molecule has 0 atom stereocenters. The van der Waals surface area contributed by atoms with Gasteiger partial charge in [-0.05, 0) is 72.7 Å². The van der Waals surface area contributed by atoms with Crippen LogP contribution < -0.4 is 9.04 Å². The van der Waals surface area contributed by atoms with Gasteiger partial charge in [0.25, 0.3) is 15.9 Å². The molecule has 0 N–H and O–H groups in total. The third-order valence-electron chi connectivity index (χ3n) is 7.49. The zero-order valence-corrected chi connectivity index (χ0v) is 23.5. The van der Waals surface area contributed by atoms with E-state index in [-0.39, 0.29) is 17.3 Å². The summed E-state index contributed by atoms with van der Waals surface area (Å²) in [6, 6.07) is 33.2. The highest BCUT2D eigenvalue weighted by Crippen LogP contribution is 2.32. The standard InChI is InChI=1S/C33H34N2O4S/c1-39-29-16-18-30(19-17-29)40(37,38)35(25-28-12-6-3-7-13-28)32-15-9-8-14-31(32)33(36)34-22-20-27(21-23-34)24-26-10-4-2-5-11-26/h2-19,27H,20-25H2,1H3. The highest BCUT2D eigenvalue weighted by Gasteiger charge is 2.31. The van der Waals surface area contributed by atoms with Crippen molar-refractivity contribution in [3.05, 3.63) is 126 Å². The van der Waals surface area contributed by atoms with E-state index in [0.717, 1.165) is 24.8 Å². The van der Waals surface area contributed by atoms with Gasteiger partial charge in [-0.1, -0.05) is 72.8 Å². The molecule has 0 radical (unpaired) electrons. The summed E-state index contributed by atoms with van der Waals surface area (Å²) < 4.78 is 34.7. The molecule has 206 valence electrons. The monoisotopic (exact) mass is 554 g/mol. The second-order valence-electron chi connectivity index (χ2n) is 10.1. The second-order valence-corrected chi connectivity index (χ2v) is 12.0. The average molecular weight is 555 g/mol. The number of amides is 1. The van der Waals surface area contributed by atoms with Crippen LogP contribution in [0.1, 0.15) is 34.3 Å². The number of benzene rings is 4. The summed E-state index contributed by atoms with van der Waals surface area (Å²) in [5.41, 5.74) is 2.90. The molecule has 0 aliphatic carbocycles. The van der Waals surface area contributed by atoms with Crippen LogP contribution in [0.2, 0.25) is 0 Å². The number of carbonyl (C=O) groups excluding carboxylic acids is 1. The van der Waals surface area contributed by atoms with E-state index in [1.807, 2.05) is 41.3 Å². The molecule has 6 nitrogen and oxygen atoms in total. The van der Waals surface area contributed by atoms with E-state index in [2.05, 4.69) is 24.3 Å². The van der Waals surface area contributed by atoms with Crippen LogP contribution in [0, 0.1) is 5.92 Å². The first-order valence-electron chi connectivity index (χ1n) is 13.6. The van der Waals surface area contributed by atoms with Crippen LogP contribution in [-0.2, 0) is 23.0 Å². The number of nitrogens with zero attached hydrogens (tertiary/aromatic N) is 2. The van der Waals surface area contributed by atoms with Gasteiger partial charge in [0.1, 0.15) is 5.75 Å². The predicted octanol–water partition coefficient (Wildman–Crippen LogP) is 6.19. The lowest BCUT2D eigenvalue weighted by Gasteiger charge is -2.33. The van der Waals surface area contributed by atoms with E-state index in [1.165, 1.54) is 29.1 Å². The van der Waals surface area contributed by atoms with Crippen molar-refractivity contribution in [3.8, 4) is 5.75 Å². The van der Waals surface area contributed by atoms with Gasteiger partial charge >= 0.3 is 0 Å². The number of anilines is 1. The second kappa shape index (κ2) is 12.4. The number of piperidine rings is 1. The Morgan fingerprint density at radius 3 is 2.00 bits per heavy atom. The molecule has 1 heterocycles. The van der Waals surface area contributed by atoms with Gasteiger partial charge in [-0.3, -0.25) is 9.10 Å². The summed E-state index contributed by atoms with van der Waals surface area (Å²) in [6.45, 7) is 1.39. The van der Waals surface area contributed by atoms with Crippen LogP contribution in [0.3, 0.4) is 0 Å². The molecule has 0 spiro atoms. The highest BCUT2D eigenvalue weighted by molar-refractivity contribution is 7.92. The topological polar surface area (TPSA) is 66.9 Å². The summed E-state index contributed by atoms with van der Waals surface area (Å²) in [5, 5.41) is 0. The van der Waals surface area contributed by atoms with Crippen molar-refractivity contribution in [2.24, 2.45) is 5.92 Å². The Morgan fingerprint density at radius 1 is 0.800 bits per heavy atom. The molecule has 0 unspecified atom stereocenters. The molecule has 40 heavy (non-hydrogen) atoms. The minimum atomic E-state index is -4.00. The van der Waals surface area contributed by atoms with E-state index < -0.39 is 10.0 Å². The zero-order valence-electron chi connectivity index (χ0n) is 22.6. The SMILES string of the molecule is COc1ccc(S(=O)(=O)N(Cc2ccccc2)c2ccccc2C(=O)N2CCC(Cc3ccccc3)CC2)cc1. The molecule has 1 amide bonds. The largest absolute Gasteiger partial charge is 0.497 e. The zero-order chi connectivity index (χ0) is 28.0. The molecule has 1 aliphatic heterocycles. The Morgan fingerprint density at radius 2 is 1.38 bits per heavy atom. The smallest absolute Gasteiger partial charge is 0.264 e. The first kappa shape index (κ1) is 27.5. The Balaban J connectivity index is 1.42. The molecule has 0 aromatic heterocycles. The molecular formula is C33H34N2O4S. The molecular weight excluding hydrogens is 520 g/mol. The van der Waals surface area contributed by atoms with Crippen molar-refractivity contribution in [3.63, 3.8) is 0 Å². The van der Waals surface area contributed by atoms with Crippen molar-refractivity contribution in [2.75, 3.05) is 24.5 Å². The van der Waals surface area contributed by atoms with Crippen LogP contribution in [-0.4, -0.2) is 39.4 Å². The molecule has 0 saturated carbocycles. The van der Waals surface area contributed by atoms with E-state index in [0.29, 0.717) is 36.0 Å². The number of likely N-dealkylation sites (tertiary alicyclic amines) is 1. The quantitative estimate of drug-likeness (QED) is 0.248.